The van der Waals surface area contributed by atoms with Crippen molar-refractivity contribution in [2.75, 3.05) is 13.1 Å². The Morgan fingerprint density at radius 2 is 1.81 bits per heavy atom. The van der Waals surface area contributed by atoms with Gasteiger partial charge in [-0.05, 0) is 54.8 Å². The molecule has 3 aromatic rings. The van der Waals surface area contributed by atoms with Gasteiger partial charge in [0, 0.05) is 25.6 Å². The van der Waals surface area contributed by atoms with Crippen molar-refractivity contribution >= 4 is 11.0 Å². The molecule has 3 heterocycles. The lowest BCUT2D eigenvalue weighted by Crippen LogP contribution is -2.40. The van der Waals surface area contributed by atoms with Crippen LogP contribution in [0.15, 0.2) is 42.5 Å². The zero-order chi connectivity index (χ0) is 17.5. The Morgan fingerprint density at radius 3 is 2.65 bits per heavy atom. The fourth-order valence-corrected chi connectivity index (χ4v) is 4.53. The molecule has 1 fully saturated rings. The van der Waals surface area contributed by atoms with Gasteiger partial charge >= 0.3 is 0 Å². The van der Waals surface area contributed by atoms with Crippen molar-refractivity contribution in [2.24, 2.45) is 0 Å². The van der Waals surface area contributed by atoms with Crippen molar-refractivity contribution in [1.82, 2.24) is 14.5 Å². The molecular formula is C22H22N4. The summed E-state index contributed by atoms with van der Waals surface area (Å²) in [6, 6.07) is 17.2. The normalized spacial score (nSPS) is 20.2. The van der Waals surface area contributed by atoms with Crippen LogP contribution in [0, 0.1) is 11.3 Å². The van der Waals surface area contributed by atoms with Gasteiger partial charge < -0.3 is 4.57 Å². The topological polar surface area (TPSA) is 44.9 Å². The van der Waals surface area contributed by atoms with E-state index >= 15 is 0 Å². The van der Waals surface area contributed by atoms with E-state index in [-0.39, 0.29) is 0 Å². The predicted molar refractivity (Wildman–Crippen MR) is 103 cm³/mol. The van der Waals surface area contributed by atoms with Gasteiger partial charge in [0.25, 0.3) is 0 Å². The van der Waals surface area contributed by atoms with Crippen LogP contribution in [-0.2, 0) is 13.0 Å². The number of hydrogen-bond donors (Lipinski definition) is 0. The van der Waals surface area contributed by atoms with Crippen LogP contribution in [0.3, 0.4) is 0 Å². The zero-order valence-electron chi connectivity index (χ0n) is 14.9. The van der Waals surface area contributed by atoms with E-state index in [0.717, 1.165) is 36.2 Å². The average Bonchev–Trinajstić information content (AvgIpc) is 2.92. The van der Waals surface area contributed by atoms with Gasteiger partial charge in [0.2, 0.25) is 0 Å². The Bertz CT molecular complexity index is 993. The number of nitriles is 1. The van der Waals surface area contributed by atoms with Gasteiger partial charge in [0.15, 0.2) is 0 Å². The van der Waals surface area contributed by atoms with E-state index in [4.69, 9.17) is 10.2 Å². The minimum absolute atomic E-state index is 0.666. The quantitative estimate of drug-likeness (QED) is 0.672. The van der Waals surface area contributed by atoms with Crippen LogP contribution in [-0.4, -0.2) is 33.6 Å². The number of aromatic nitrogens is 2. The lowest BCUT2D eigenvalue weighted by atomic mass is 10.00. The summed E-state index contributed by atoms with van der Waals surface area (Å²) < 4.78 is 2.43. The molecule has 1 aromatic heterocycles. The van der Waals surface area contributed by atoms with Gasteiger partial charge in [-0.2, -0.15) is 5.26 Å². The molecule has 26 heavy (non-hydrogen) atoms. The largest absolute Gasteiger partial charge is 0.327 e. The van der Waals surface area contributed by atoms with Crippen LogP contribution >= 0.6 is 0 Å². The van der Waals surface area contributed by atoms with Crippen LogP contribution in [0.1, 0.15) is 30.7 Å². The second kappa shape index (κ2) is 6.26. The SMILES string of the molecule is N#Cc1ccc(-c2ccc3c(c2)nc2n3CCN3CCCCC3C2)cc1. The minimum Gasteiger partial charge on any atom is -0.327 e. The molecule has 0 spiro atoms. The van der Waals surface area contributed by atoms with Crippen LogP contribution in [0.25, 0.3) is 22.2 Å². The van der Waals surface area contributed by atoms with Crippen molar-refractivity contribution in [3.63, 3.8) is 0 Å². The van der Waals surface area contributed by atoms with Gasteiger partial charge in [-0.25, -0.2) is 4.98 Å². The first-order valence-corrected chi connectivity index (χ1v) is 9.55. The molecule has 2 aliphatic heterocycles. The molecule has 1 atom stereocenters. The van der Waals surface area contributed by atoms with Crippen LogP contribution < -0.4 is 0 Å². The minimum atomic E-state index is 0.666. The Morgan fingerprint density at radius 1 is 0.962 bits per heavy atom. The van der Waals surface area contributed by atoms with E-state index in [0.29, 0.717) is 11.6 Å². The van der Waals surface area contributed by atoms with Crippen molar-refractivity contribution < 1.29 is 0 Å². The smallest absolute Gasteiger partial charge is 0.111 e. The van der Waals surface area contributed by atoms with Gasteiger partial charge in [-0.3, -0.25) is 4.90 Å². The maximum atomic E-state index is 8.97. The number of benzene rings is 2. The second-order valence-electron chi connectivity index (χ2n) is 7.46. The summed E-state index contributed by atoms with van der Waals surface area (Å²) in [6.45, 7) is 3.43. The summed E-state index contributed by atoms with van der Waals surface area (Å²) in [7, 11) is 0. The molecule has 4 nitrogen and oxygen atoms in total. The van der Waals surface area contributed by atoms with Crippen molar-refractivity contribution in [3.8, 4) is 17.2 Å². The third-order valence-corrected chi connectivity index (χ3v) is 5.95. The number of rotatable bonds is 1. The van der Waals surface area contributed by atoms with E-state index in [1.165, 1.54) is 37.1 Å². The Kier molecular flexibility index (Phi) is 3.76. The van der Waals surface area contributed by atoms with Crippen LogP contribution in [0.2, 0.25) is 0 Å². The molecule has 4 heteroatoms. The first-order valence-electron chi connectivity index (χ1n) is 9.55. The highest BCUT2D eigenvalue weighted by Crippen LogP contribution is 2.29. The number of fused-ring (bicyclic) bond motifs is 4. The third kappa shape index (κ3) is 2.60. The maximum Gasteiger partial charge on any atom is 0.111 e. The summed E-state index contributed by atoms with van der Waals surface area (Å²) in [4.78, 5) is 7.67. The Labute approximate surface area is 153 Å². The molecule has 1 saturated heterocycles. The highest BCUT2D eigenvalue weighted by atomic mass is 15.2. The highest BCUT2D eigenvalue weighted by molar-refractivity contribution is 5.82. The van der Waals surface area contributed by atoms with Crippen LogP contribution in [0.4, 0.5) is 0 Å². The first-order chi connectivity index (χ1) is 12.8. The molecule has 5 rings (SSSR count). The summed E-state index contributed by atoms with van der Waals surface area (Å²) in [5.74, 6) is 1.24. The van der Waals surface area contributed by atoms with Gasteiger partial charge in [0.1, 0.15) is 5.82 Å². The standard InChI is InChI=1S/C22H22N4/c23-15-16-4-6-17(7-5-16)18-8-9-21-20(13-18)24-22-14-19-3-1-2-10-25(19)11-12-26(21)22/h4-9,13,19H,1-3,10-12,14H2. The highest BCUT2D eigenvalue weighted by Gasteiger charge is 2.27. The first kappa shape index (κ1) is 15.6. The monoisotopic (exact) mass is 342 g/mol. The van der Waals surface area contributed by atoms with Crippen molar-refractivity contribution in [1.29, 1.82) is 5.26 Å². The van der Waals surface area contributed by atoms with Gasteiger partial charge in [-0.15, -0.1) is 0 Å². The summed E-state index contributed by atoms with van der Waals surface area (Å²) in [5, 5.41) is 8.97. The van der Waals surface area contributed by atoms with E-state index in [9.17, 15) is 0 Å². The summed E-state index contributed by atoms with van der Waals surface area (Å²) >= 11 is 0. The molecule has 2 aromatic carbocycles. The number of nitrogens with zero attached hydrogens (tertiary/aromatic N) is 4. The lowest BCUT2D eigenvalue weighted by molar-refractivity contribution is 0.152. The lowest BCUT2D eigenvalue weighted by Gasteiger charge is -2.33. The van der Waals surface area contributed by atoms with E-state index in [2.05, 4.69) is 33.7 Å². The summed E-state index contributed by atoms with van der Waals surface area (Å²) in [5.41, 5.74) is 5.33. The molecule has 0 aliphatic carbocycles. The van der Waals surface area contributed by atoms with E-state index in [1.54, 1.807) is 0 Å². The fourth-order valence-electron chi connectivity index (χ4n) is 4.53. The Hall–Kier alpha value is -2.64. The third-order valence-electron chi connectivity index (χ3n) is 5.95. The van der Waals surface area contributed by atoms with Crippen LogP contribution in [0.5, 0.6) is 0 Å². The van der Waals surface area contributed by atoms with Gasteiger partial charge in [0.05, 0.1) is 22.7 Å². The van der Waals surface area contributed by atoms with E-state index < -0.39 is 0 Å². The van der Waals surface area contributed by atoms with E-state index in [1.807, 2.05) is 24.3 Å². The fraction of sp³-hybridized carbons (Fsp3) is 0.364. The molecule has 0 bridgehead atoms. The molecular weight excluding hydrogens is 320 g/mol. The molecule has 2 aliphatic rings. The Balaban J connectivity index is 1.52. The van der Waals surface area contributed by atoms with Gasteiger partial charge in [-0.1, -0.05) is 24.6 Å². The second-order valence-corrected chi connectivity index (χ2v) is 7.46. The van der Waals surface area contributed by atoms with Crippen molar-refractivity contribution in [3.05, 3.63) is 53.9 Å². The molecule has 0 saturated carbocycles. The van der Waals surface area contributed by atoms with Crippen molar-refractivity contribution in [2.45, 2.75) is 38.3 Å². The predicted octanol–water partition coefficient (Wildman–Crippen LogP) is 3.99. The maximum absolute atomic E-state index is 8.97. The number of imidazole rings is 1. The molecule has 0 amide bonds. The molecule has 1 unspecified atom stereocenters. The number of hydrogen-bond acceptors (Lipinski definition) is 3. The molecule has 0 N–H and O–H groups in total. The molecule has 0 radical (unpaired) electrons. The number of piperidine rings is 1. The molecule has 130 valence electrons. The average molecular weight is 342 g/mol. The summed E-state index contributed by atoms with van der Waals surface area (Å²) in [6.07, 6.45) is 5.07. The zero-order valence-corrected chi connectivity index (χ0v) is 14.9.